The van der Waals surface area contributed by atoms with Gasteiger partial charge in [-0.3, -0.25) is 4.79 Å². The molecule has 0 aliphatic rings. The van der Waals surface area contributed by atoms with Crippen LogP contribution in [0.3, 0.4) is 0 Å². The standard InChI is InChI=1S/C28H26FNO5/c1-28(2,3)35-27(33)30-23(15-21-8-11-22(29)16-25(21)30)17-34-24-12-9-20(10-13-24)19-6-4-18(5-7-19)14-26(31)32/h4-13,15-16H,14,17H2,1-3H3,(H,31,32). The Labute approximate surface area is 202 Å². The van der Waals surface area contributed by atoms with Crippen molar-refractivity contribution in [3.63, 3.8) is 0 Å². The number of nitrogens with zero attached hydrogens (tertiary/aromatic N) is 1. The summed E-state index contributed by atoms with van der Waals surface area (Å²) >= 11 is 0. The molecule has 0 atom stereocenters. The van der Waals surface area contributed by atoms with Gasteiger partial charge in [0.1, 0.15) is 23.8 Å². The smallest absolute Gasteiger partial charge is 0.419 e. The molecule has 0 fully saturated rings. The van der Waals surface area contributed by atoms with E-state index in [0.29, 0.717) is 22.3 Å². The van der Waals surface area contributed by atoms with Crippen molar-refractivity contribution in [2.45, 2.75) is 39.4 Å². The zero-order valence-corrected chi connectivity index (χ0v) is 19.7. The van der Waals surface area contributed by atoms with Gasteiger partial charge in [0.15, 0.2) is 0 Å². The van der Waals surface area contributed by atoms with E-state index in [1.807, 2.05) is 36.4 Å². The van der Waals surface area contributed by atoms with Gasteiger partial charge in [0.05, 0.1) is 17.6 Å². The number of fused-ring (bicyclic) bond motifs is 1. The predicted molar refractivity (Wildman–Crippen MR) is 131 cm³/mol. The van der Waals surface area contributed by atoms with Gasteiger partial charge in [0, 0.05) is 5.39 Å². The normalized spacial score (nSPS) is 11.4. The molecule has 1 N–H and O–H groups in total. The molecule has 35 heavy (non-hydrogen) atoms. The Kier molecular flexibility index (Phi) is 6.60. The molecule has 0 spiro atoms. The molecule has 1 heterocycles. The summed E-state index contributed by atoms with van der Waals surface area (Å²) in [5, 5.41) is 9.62. The first-order chi connectivity index (χ1) is 16.6. The number of hydrogen-bond donors (Lipinski definition) is 1. The molecule has 0 aliphatic heterocycles. The van der Waals surface area contributed by atoms with Gasteiger partial charge in [-0.05, 0) is 73.9 Å². The third kappa shape index (κ3) is 5.87. The van der Waals surface area contributed by atoms with Crippen molar-refractivity contribution in [1.29, 1.82) is 0 Å². The van der Waals surface area contributed by atoms with E-state index in [9.17, 15) is 14.0 Å². The van der Waals surface area contributed by atoms with E-state index in [0.717, 1.165) is 16.7 Å². The Morgan fingerprint density at radius 1 is 0.914 bits per heavy atom. The monoisotopic (exact) mass is 475 g/mol. The van der Waals surface area contributed by atoms with Crippen LogP contribution >= 0.6 is 0 Å². The molecule has 7 heteroatoms. The van der Waals surface area contributed by atoms with Crippen molar-refractivity contribution in [2.24, 2.45) is 0 Å². The fraction of sp³-hybridized carbons (Fsp3) is 0.214. The van der Waals surface area contributed by atoms with Gasteiger partial charge in [-0.2, -0.15) is 0 Å². The third-order valence-electron chi connectivity index (χ3n) is 5.30. The highest BCUT2D eigenvalue weighted by Crippen LogP contribution is 2.26. The maximum atomic E-state index is 13.9. The number of halogens is 1. The number of carboxylic acid groups (broad SMARTS) is 1. The lowest BCUT2D eigenvalue weighted by atomic mass is 10.0. The molecular weight excluding hydrogens is 449 g/mol. The SMILES string of the molecule is CC(C)(C)OC(=O)n1c(COc2ccc(-c3ccc(CC(=O)O)cc3)cc2)cc2ccc(F)cc21. The summed E-state index contributed by atoms with van der Waals surface area (Å²) in [6.45, 7) is 5.40. The van der Waals surface area contributed by atoms with Gasteiger partial charge in [-0.15, -0.1) is 0 Å². The van der Waals surface area contributed by atoms with Crippen LogP contribution in [0.15, 0.2) is 72.8 Å². The zero-order valence-electron chi connectivity index (χ0n) is 19.7. The summed E-state index contributed by atoms with van der Waals surface area (Å²) in [6.07, 6.45) is -0.613. The summed E-state index contributed by atoms with van der Waals surface area (Å²) in [4.78, 5) is 23.7. The second-order valence-corrected chi connectivity index (χ2v) is 9.24. The van der Waals surface area contributed by atoms with Crippen LogP contribution in [0.5, 0.6) is 5.75 Å². The van der Waals surface area contributed by atoms with Crippen LogP contribution in [0, 0.1) is 5.82 Å². The fourth-order valence-electron chi connectivity index (χ4n) is 3.75. The lowest BCUT2D eigenvalue weighted by Crippen LogP contribution is -2.28. The average molecular weight is 476 g/mol. The summed E-state index contributed by atoms with van der Waals surface area (Å²) < 4.78 is 26.7. The van der Waals surface area contributed by atoms with E-state index in [1.165, 1.54) is 16.7 Å². The first-order valence-electron chi connectivity index (χ1n) is 11.2. The highest BCUT2D eigenvalue weighted by Gasteiger charge is 2.22. The molecule has 0 saturated heterocycles. The Morgan fingerprint density at radius 2 is 1.54 bits per heavy atom. The molecule has 180 valence electrons. The Balaban J connectivity index is 1.53. The van der Waals surface area contributed by atoms with Crippen LogP contribution < -0.4 is 4.74 Å². The molecule has 0 radical (unpaired) electrons. The van der Waals surface area contributed by atoms with Crippen LogP contribution in [0.2, 0.25) is 0 Å². The average Bonchev–Trinajstić information content (AvgIpc) is 3.15. The van der Waals surface area contributed by atoms with E-state index in [1.54, 1.807) is 45.0 Å². The molecule has 4 rings (SSSR count). The lowest BCUT2D eigenvalue weighted by molar-refractivity contribution is -0.136. The van der Waals surface area contributed by atoms with Gasteiger partial charge in [0.25, 0.3) is 0 Å². The largest absolute Gasteiger partial charge is 0.487 e. The number of hydrogen-bond acceptors (Lipinski definition) is 4. The highest BCUT2D eigenvalue weighted by atomic mass is 19.1. The molecule has 0 aliphatic carbocycles. The van der Waals surface area contributed by atoms with Gasteiger partial charge >= 0.3 is 12.1 Å². The van der Waals surface area contributed by atoms with E-state index in [4.69, 9.17) is 14.6 Å². The molecule has 0 amide bonds. The van der Waals surface area contributed by atoms with Crippen LogP contribution in [-0.4, -0.2) is 27.3 Å². The number of aliphatic carboxylic acids is 1. The summed E-state index contributed by atoms with van der Waals surface area (Å²) in [5.41, 5.74) is 2.90. The second kappa shape index (κ2) is 9.62. The number of carbonyl (C=O) groups excluding carboxylic acids is 1. The van der Waals surface area contributed by atoms with Gasteiger partial charge in [-0.1, -0.05) is 36.4 Å². The van der Waals surface area contributed by atoms with E-state index < -0.39 is 23.5 Å². The minimum Gasteiger partial charge on any atom is -0.487 e. The van der Waals surface area contributed by atoms with Crippen molar-refractivity contribution in [2.75, 3.05) is 0 Å². The number of aromatic nitrogens is 1. The maximum Gasteiger partial charge on any atom is 0.419 e. The molecule has 0 bridgehead atoms. The van der Waals surface area contributed by atoms with Gasteiger partial charge in [-0.25, -0.2) is 13.8 Å². The van der Waals surface area contributed by atoms with Crippen LogP contribution in [0.4, 0.5) is 9.18 Å². The van der Waals surface area contributed by atoms with Crippen molar-refractivity contribution < 1.29 is 28.6 Å². The zero-order chi connectivity index (χ0) is 25.2. The summed E-state index contributed by atoms with van der Waals surface area (Å²) in [5.74, 6) is -0.710. The van der Waals surface area contributed by atoms with Crippen molar-refractivity contribution >= 4 is 23.0 Å². The lowest BCUT2D eigenvalue weighted by Gasteiger charge is -2.21. The third-order valence-corrected chi connectivity index (χ3v) is 5.30. The molecule has 4 aromatic rings. The summed E-state index contributed by atoms with van der Waals surface area (Å²) in [6, 6.07) is 20.9. The van der Waals surface area contributed by atoms with Gasteiger partial charge < -0.3 is 14.6 Å². The quantitative estimate of drug-likeness (QED) is 0.347. The van der Waals surface area contributed by atoms with Crippen molar-refractivity contribution in [1.82, 2.24) is 4.57 Å². The Morgan fingerprint density at radius 3 is 2.14 bits per heavy atom. The molecule has 6 nitrogen and oxygen atoms in total. The first kappa shape index (κ1) is 24.0. The Hall–Kier alpha value is -4.13. The molecule has 1 aromatic heterocycles. The van der Waals surface area contributed by atoms with Crippen molar-refractivity contribution in [3.8, 4) is 16.9 Å². The minimum absolute atomic E-state index is 0.0142. The summed E-state index contributed by atoms with van der Waals surface area (Å²) in [7, 11) is 0. The first-order valence-corrected chi connectivity index (χ1v) is 11.2. The van der Waals surface area contributed by atoms with Crippen LogP contribution in [0.25, 0.3) is 22.0 Å². The van der Waals surface area contributed by atoms with E-state index >= 15 is 0 Å². The maximum absolute atomic E-state index is 13.9. The van der Waals surface area contributed by atoms with E-state index in [2.05, 4.69) is 0 Å². The van der Waals surface area contributed by atoms with Crippen molar-refractivity contribution in [3.05, 3.63) is 89.9 Å². The molecular formula is C28H26FNO5. The van der Waals surface area contributed by atoms with Crippen LogP contribution in [0.1, 0.15) is 32.0 Å². The van der Waals surface area contributed by atoms with E-state index in [-0.39, 0.29) is 13.0 Å². The van der Waals surface area contributed by atoms with Gasteiger partial charge in [0.2, 0.25) is 0 Å². The van der Waals surface area contributed by atoms with Crippen LogP contribution in [-0.2, 0) is 22.6 Å². The fourth-order valence-corrected chi connectivity index (χ4v) is 3.75. The number of carbonyl (C=O) groups is 2. The molecule has 0 saturated carbocycles. The predicted octanol–water partition coefficient (Wildman–Crippen LogP) is 6.44. The number of rotatable bonds is 6. The highest BCUT2D eigenvalue weighted by molar-refractivity contribution is 5.91. The molecule has 0 unspecified atom stereocenters. The minimum atomic E-state index is -0.866. The Bertz CT molecular complexity index is 1370. The topological polar surface area (TPSA) is 77.8 Å². The number of ether oxygens (including phenoxy) is 2. The number of benzene rings is 3. The molecule has 3 aromatic carbocycles. The second-order valence-electron chi connectivity index (χ2n) is 9.24. The number of carboxylic acids is 1.